The lowest BCUT2D eigenvalue weighted by atomic mass is 9.85. The highest BCUT2D eigenvalue weighted by Gasteiger charge is 2.22. The smallest absolute Gasteiger partial charge is 0.241 e. The second kappa shape index (κ2) is 9.31. The van der Waals surface area contributed by atoms with Gasteiger partial charge in [0.1, 0.15) is 0 Å². The van der Waals surface area contributed by atoms with Gasteiger partial charge < -0.3 is 15.6 Å². The topological polar surface area (TPSA) is 63.3 Å². The average molecular weight is 397 g/mol. The molecule has 1 aromatic carbocycles. The summed E-state index contributed by atoms with van der Waals surface area (Å²) in [7, 11) is 0. The van der Waals surface area contributed by atoms with E-state index in [-0.39, 0.29) is 5.91 Å². The zero-order chi connectivity index (χ0) is 20.2. The maximum atomic E-state index is 12.7. The number of amides is 1. The van der Waals surface area contributed by atoms with Gasteiger partial charge in [-0.15, -0.1) is 0 Å². The summed E-state index contributed by atoms with van der Waals surface area (Å²) in [6.07, 6.45) is 12.0. The lowest BCUT2D eigenvalue weighted by Gasteiger charge is -2.24. The van der Waals surface area contributed by atoms with Gasteiger partial charge in [-0.25, -0.2) is 0 Å². The molecule has 3 N–H and O–H groups in total. The number of fused-ring (bicyclic) bond motifs is 1. The Morgan fingerprint density at radius 3 is 2.66 bits per heavy atom. The van der Waals surface area contributed by atoms with Crippen molar-refractivity contribution in [1.29, 1.82) is 0 Å². The lowest BCUT2D eigenvalue weighted by Crippen LogP contribution is -2.37. The number of aryl methyl sites for hydroxylation is 1. The summed E-state index contributed by atoms with van der Waals surface area (Å²) in [5, 5.41) is 4.36. The summed E-state index contributed by atoms with van der Waals surface area (Å²) in [6.45, 7) is 6.51. The first kappa shape index (κ1) is 20.4. The number of hydrogen-bond donors (Lipinski definition) is 2. The summed E-state index contributed by atoms with van der Waals surface area (Å²) in [4.78, 5) is 15.2. The van der Waals surface area contributed by atoms with Crippen molar-refractivity contribution in [1.82, 2.24) is 9.47 Å². The predicted octanol–water partition coefficient (Wildman–Crippen LogP) is 4.49. The highest BCUT2D eigenvalue weighted by Crippen LogP contribution is 2.29. The van der Waals surface area contributed by atoms with E-state index in [9.17, 15) is 4.79 Å². The van der Waals surface area contributed by atoms with Crippen LogP contribution in [-0.4, -0.2) is 34.5 Å². The van der Waals surface area contributed by atoms with Gasteiger partial charge in [-0.05, 0) is 62.9 Å². The van der Waals surface area contributed by atoms with E-state index in [4.69, 9.17) is 5.73 Å². The molecule has 1 amide bonds. The van der Waals surface area contributed by atoms with E-state index in [0.29, 0.717) is 5.92 Å². The summed E-state index contributed by atoms with van der Waals surface area (Å²) >= 11 is 0. The Hall–Kier alpha value is -1.85. The molecule has 2 aliphatic rings. The van der Waals surface area contributed by atoms with E-state index in [0.717, 1.165) is 25.2 Å². The number of aromatic nitrogens is 1. The number of anilines is 1. The Morgan fingerprint density at radius 2 is 1.93 bits per heavy atom. The van der Waals surface area contributed by atoms with Crippen LogP contribution < -0.4 is 11.1 Å². The highest BCUT2D eigenvalue weighted by molar-refractivity contribution is 5.97. The number of nitrogens with two attached hydrogens (primary N) is 1. The molecule has 29 heavy (non-hydrogen) atoms. The molecule has 1 aliphatic carbocycles. The van der Waals surface area contributed by atoms with Crippen LogP contribution in [0.3, 0.4) is 0 Å². The van der Waals surface area contributed by atoms with Crippen molar-refractivity contribution in [2.45, 2.75) is 77.4 Å². The minimum atomic E-state index is -0.419. The number of carbonyl (C=O) groups is 1. The van der Waals surface area contributed by atoms with E-state index in [1.54, 1.807) is 0 Å². The number of benzene rings is 1. The first-order valence-corrected chi connectivity index (χ1v) is 11.5. The molecule has 158 valence electrons. The van der Waals surface area contributed by atoms with Gasteiger partial charge in [0.15, 0.2) is 0 Å². The van der Waals surface area contributed by atoms with E-state index in [1.807, 2.05) is 6.07 Å². The molecule has 0 spiro atoms. The number of carbonyl (C=O) groups excluding carboxylic acids is 1. The van der Waals surface area contributed by atoms with Gasteiger partial charge in [0.2, 0.25) is 5.91 Å². The molecule has 2 fully saturated rings. The zero-order valence-electron chi connectivity index (χ0n) is 17.8. The molecule has 5 nitrogen and oxygen atoms in total. The van der Waals surface area contributed by atoms with Crippen molar-refractivity contribution in [3.05, 3.63) is 30.0 Å². The van der Waals surface area contributed by atoms with Crippen LogP contribution >= 0.6 is 0 Å². The molecule has 1 saturated carbocycles. The minimum Gasteiger partial charge on any atom is -0.347 e. The van der Waals surface area contributed by atoms with Crippen LogP contribution in [0.5, 0.6) is 0 Å². The van der Waals surface area contributed by atoms with Gasteiger partial charge >= 0.3 is 0 Å². The molecular weight excluding hydrogens is 360 g/mol. The second-order valence-electron chi connectivity index (χ2n) is 8.99. The molecule has 1 aromatic heterocycles. The summed E-state index contributed by atoms with van der Waals surface area (Å²) < 4.78 is 2.29. The van der Waals surface area contributed by atoms with E-state index in [1.165, 1.54) is 74.5 Å². The van der Waals surface area contributed by atoms with Crippen molar-refractivity contribution >= 4 is 22.5 Å². The Morgan fingerprint density at radius 1 is 1.17 bits per heavy atom. The fourth-order valence-corrected chi connectivity index (χ4v) is 5.14. The molecule has 1 atom stereocenters. The molecule has 0 unspecified atom stereocenters. The standard InChI is InChI=1S/C24H36N4O/c1-2-28-17-19(16-27-12-6-7-13-27)21-11-10-20(15-23(21)28)26-24(29)22(25)14-18-8-4-3-5-9-18/h10-11,15,17-18,22H,2-9,12-14,16,25H2,1H3,(H,26,29)/t22-/m0/s1. The van der Waals surface area contributed by atoms with Crippen molar-refractivity contribution in [3.8, 4) is 0 Å². The first-order valence-electron chi connectivity index (χ1n) is 11.5. The zero-order valence-corrected chi connectivity index (χ0v) is 17.8. The first-order chi connectivity index (χ1) is 14.1. The largest absolute Gasteiger partial charge is 0.347 e. The minimum absolute atomic E-state index is 0.0539. The molecule has 4 rings (SSSR count). The van der Waals surface area contributed by atoms with E-state index in [2.05, 4.69) is 40.0 Å². The van der Waals surface area contributed by atoms with Crippen LogP contribution in [0.15, 0.2) is 24.4 Å². The van der Waals surface area contributed by atoms with Gasteiger partial charge in [-0.3, -0.25) is 9.69 Å². The third-order valence-corrected chi connectivity index (χ3v) is 6.81. The lowest BCUT2D eigenvalue weighted by molar-refractivity contribution is -0.117. The van der Waals surface area contributed by atoms with Crippen molar-refractivity contribution in [2.24, 2.45) is 11.7 Å². The van der Waals surface area contributed by atoms with Crippen LogP contribution in [-0.2, 0) is 17.9 Å². The third-order valence-electron chi connectivity index (χ3n) is 6.81. The average Bonchev–Trinajstić information content (AvgIpc) is 3.37. The van der Waals surface area contributed by atoms with Crippen LogP contribution in [0.2, 0.25) is 0 Å². The number of hydrogen-bond acceptors (Lipinski definition) is 3. The fourth-order valence-electron chi connectivity index (χ4n) is 5.14. The van der Waals surface area contributed by atoms with Gasteiger partial charge in [-0.1, -0.05) is 38.2 Å². The SMILES string of the molecule is CCn1cc(CN2CCCC2)c2ccc(NC(=O)[C@@H](N)CC3CCCCC3)cc21. The Bertz CT molecular complexity index is 831. The number of likely N-dealkylation sites (tertiary alicyclic amines) is 1. The van der Waals surface area contributed by atoms with Crippen molar-refractivity contribution in [2.75, 3.05) is 18.4 Å². The second-order valence-corrected chi connectivity index (χ2v) is 8.99. The molecule has 2 heterocycles. The quantitative estimate of drug-likeness (QED) is 0.725. The molecule has 5 heteroatoms. The van der Waals surface area contributed by atoms with Crippen LogP contribution in [0.25, 0.3) is 10.9 Å². The maximum absolute atomic E-state index is 12.7. The molecule has 1 aliphatic heterocycles. The number of nitrogens with zero attached hydrogens (tertiary/aromatic N) is 2. The van der Waals surface area contributed by atoms with Gasteiger partial charge in [0.05, 0.1) is 11.6 Å². The summed E-state index contributed by atoms with van der Waals surface area (Å²) in [5.74, 6) is 0.555. The van der Waals surface area contributed by atoms with Gasteiger partial charge in [-0.2, -0.15) is 0 Å². The van der Waals surface area contributed by atoms with Crippen LogP contribution in [0.4, 0.5) is 5.69 Å². The van der Waals surface area contributed by atoms with Crippen molar-refractivity contribution in [3.63, 3.8) is 0 Å². The Balaban J connectivity index is 1.45. The maximum Gasteiger partial charge on any atom is 0.241 e. The Labute approximate surface area is 174 Å². The number of nitrogens with one attached hydrogen (secondary N) is 1. The van der Waals surface area contributed by atoms with Gasteiger partial charge in [0, 0.05) is 30.4 Å². The van der Waals surface area contributed by atoms with Crippen LogP contribution in [0.1, 0.15) is 63.9 Å². The molecular formula is C24H36N4O. The molecule has 1 saturated heterocycles. The van der Waals surface area contributed by atoms with Gasteiger partial charge in [0.25, 0.3) is 0 Å². The molecule has 2 aromatic rings. The number of rotatable bonds is 7. The molecule has 0 bridgehead atoms. The van der Waals surface area contributed by atoms with Crippen molar-refractivity contribution < 1.29 is 4.79 Å². The monoisotopic (exact) mass is 396 g/mol. The Kier molecular flexibility index (Phi) is 6.56. The van der Waals surface area contributed by atoms with E-state index >= 15 is 0 Å². The predicted molar refractivity (Wildman–Crippen MR) is 120 cm³/mol. The summed E-state index contributed by atoms with van der Waals surface area (Å²) in [6, 6.07) is 5.88. The third kappa shape index (κ3) is 4.84. The van der Waals surface area contributed by atoms with Crippen LogP contribution in [0, 0.1) is 5.92 Å². The highest BCUT2D eigenvalue weighted by atomic mass is 16.2. The fraction of sp³-hybridized carbons (Fsp3) is 0.625. The van der Waals surface area contributed by atoms with E-state index < -0.39 is 6.04 Å². The summed E-state index contributed by atoms with van der Waals surface area (Å²) in [5.41, 5.74) is 9.67. The molecule has 0 radical (unpaired) electrons. The normalized spacial score (nSPS) is 19.7.